The summed E-state index contributed by atoms with van der Waals surface area (Å²) in [5.74, 6) is -0.760. The molecule has 0 aliphatic carbocycles. The first-order valence-corrected chi connectivity index (χ1v) is 7.94. The van der Waals surface area contributed by atoms with Crippen molar-refractivity contribution in [3.63, 3.8) is 0 Å². The molecule has 1 atom stereocenters. The number of carbonyl (C=O) groups excluding carboxylic acids is 1. The summed E-state index contributed by atoms with van der Waals surface area (Å²) in [6.45, 7) is 1.22. The number of alkyl halides is 3. The second kappa shape index (κ2) is 6.23. The maximum Gasteiger partial charge on any atom is 0.390 e. The lowest BCUT2D eigenvalue weighted by atomic mass is 9.73. The number of carbonyl (C=O) groups is 1. The van der Waals surface area contributed by atoms with Crippen molar-refractivity contribution in [2.45, 2.75) is 19.5 Å². The van der Waals surface area contributed by atoms with Crippen LogP contribution in [0.5, 0.6) is 5.75 Å². The number of hydrogen-bond acceptors (Lipinski definition) is 2. The lowest BCUT2D eigenvalue weighted by molar-refractivity contribution is -0.168. The largest absolute Gasteiger partial charge is 0.425 e. The maximum atomic E-state index is 13.2. The number of halogens is 4. The molecule has 3 rings (SSSR count). The van der Waals surface area contributed by atoms with Crippen LogP contribution >= 0.6 is 11.6 Å². The Morgan fingerprint density at radius 2 is 1.68 bits per heavy atom. The van der Waals surface area contributed by atoms with Gasteiger partial charge in [0.15, 0.2) is 0 Å². The molecule has 0 radical (unpaired) electrons. The number of fused-ring (bicyclic) bond motifs is 1. The van der Waals surface area contributed by atoms with Gasteiger partial charge in [0.05, 0.1) is 11.5 Å². The number of benzene rings is 2. The van der Waals surface area contributed by atoms with Gasteiger partial charge in [-0.25, -0.2) is 0 Å². The fourth-order valence-electron chi connectivity index (χ4n) is 3.02. The number of para-hydroxylation sites is 1. The summed E-state index contributed by atoms with van der Waals surface area (Å²) in [4.78, 5) is 12.5. The first-order valence-electron chi connectivity index (χ1n) is 7.56. The van der Waals surface area contributed by atoms with E-state index in [1.165, 1.54) is 13.0 Å². The van der Waals surface area contributed by atoms with Crippen molar-refractivity contribution in [2.75, 3.05) is 0 Å². The molecule has 0 N–H and O–H groups in total. The zero-order valence-corrected chi connectivity index (χ0v) is 14.0. The maximum absolute atomic E-state index is 13.2. The zero-order chi connectivity index (χ0) is 18.2. The van der Waals surface area contributed by atoms with Crippen LogP contribution in [0.1, 0.15) is 24.5 Å². The highest BCUT2D eigenvalue weighted by Gasteiger charge is 2.52. The normalized spacial score (nSPS) is 22.2. The van der Waals surface area contributed by atoms with E-state index >= 15 is 0 Å². The molecule has 0 aromatic heterocycles. The predicted molar refractivity (Wildman–Crippen MR) is 90.0 cm³/mol. The first-order chi connectivity index (χ1) is 11.7. The van der Waals surface area contributed by atoms with Gasteiger partial charge in [-0.2, -0.15) is 13.2 Å². The molecule has 25 heavy (non-hydrogen) atoms. The molecule has 130 valence electrons. The van der Waals surface area contributed by atoms with Crippen LogP contribution in [0, 0.1) is 5.41 Å². The monoisotopic (exact) mass is 366 g/mol. The van der Waals surface area contributed by atoms with E-state index in [-0.39, 0.29) is 16.4 Å². The Morgan fingerprint density at radius 1 is 1.08 bits per heavy atom. The van der Waals surface area contributed by atoms with Crippen molar-refractivity contribution in [1.29, 1.82) is 0 Å². The molecule has 2 aromatic carbocycles. The van der Waals surface area contributed by atoms with Crippen LogP contribution in [-0.4, -0.2) is 12.1 Å². The molecular formula is C19H14ClF3O2. The molecule has 2 nitrogen and oxygen atoms in total. The molecule has 0 bridgehead atoms. The molecule has 1 aliphatic heterocycles. The Morgan fingerprint density at radius 3 is 2.32 bits per heavy atom. The van der Waals surface area contributed by atoms with Crippen LogP contribution in [0.15, 0.2) is 54.6 Å². The van der Waals surface area contributed by atoms with Crippen LogP contribution in [0.2, 0.25) is 0 Å². The number of hydrogen-bond donors (Lipinski definition) is 0. The zero-order valence-electron chi connectivity index (χ0n) is 13.2. The van der Waals surface area contributed by atoms with Crippen LogP contribution < -0.4 is 4.74 Å². The number of esters is 1. The predicted octanol–water partition coefficient (Wildman–Crippen LogP) is 5.67. The third-order valence-electron chi connectivity index (χ3n) is 4.16. The minimum absolute atomic E-state index is 0.108. The van der Waals surface area contributed by atoms with E-state index in [4.69, 9.17) is 16.3 Å². The second-order valence-corrected chi connectivity index (χ2v) is 6.44. The summed E-state index contributed by atoms with van der Waals surface area (Å²) < 4.78 is 44.8. The molecule has 2 aromatic rings. The minimum Gasteiger partial charge on any atom is -0.425 e. The Balaban J connectivity index is 2.29. The van der Waals surface area contributed by atoms with Gasteiger partial charge < -0.3 is 4.74 Å². The third kappa shape index (κ3) is 3.29. The topological polar surface area (TPSA) is 26.3 Å². The average Bonchev–Trinajstić information content (AvgIpc) is 2.55. The molecule has 0 saturated carbocycles. The van der Waals surface area contributed by atoms with Crippen LogP contribution in [0.25, 0.3) is 10.6 Å². The summed E-state index contributed by atoms with van der Waals surface area (Å²) in [5, 5.41) is 0.108. The first kappa shape index (κ1) is 17.5. The van der Waals surface area contributed by atoms with Gasteiger partial charge in [-0.15, -0.1) is 0 Å². The lowest BCUT2D eigenvalue weighted by Crippen LogP contribution is -2.40. The quantitative estimate of drug-likeness (QED) is 0.505. The van der Waals surface area contributed by atoms with Gasteiger partial charge in [0.25, 0.3) is 0 Å². The SMILES string of the molecule is CC1(CC(F)(F)F)C(=O)Oc2ccccc2/C1=C(\Cl)c1ccccc1. The van der Waals surface area contributed by atoms with Gasteiger partial charge in [-0.05, 0) is 24.1 Å². The molecular weight excluding hydrogens is 353 g/mol. The molecule has 6 heteroatoms. The van der Waals surface area contributed by atoms with E-state index in [9.17, 15) is 18.0 Å². The second-order valence-electron chi connectivity index (χ2n) is 6.06. The van der Waals surface area contributed by atoms with Crippen LogP contribution in [0.3, 0.4) is 0 Å². The Bertz CT molecular complexity index is 843. The Labute approximate surface area is 147 Å². The van der Waals surface area contributed by atoms with Gasteiger partial charge in [-0.3, -0.25) is 4.79 Å². The molecule has 0 fully saturated rings. The third-order valence-corrected chi connectivity index (χ3v) is 4.57. The van der Waals surface area contributed by atoms with Crippen molar-refractivity contribution >= 4 is 28.2 Å². The van der Waals surface area contributed by atoms with E-state index in [0.29, 0.717) is 11.1 Å². The van der Waals surface area contributed by atoms with E-state index in [0.717, 1.165) is 0 Å². The van der Waals surface area contributed by atoms with E-state index < -0.39 is 24.0 Å². The highest BCUT2D eigenvalue weighted by Crippen LogP contribution is 2.53. The van der Waals surface area contributed by atoms with E-state index in [1.807, 2.05) is 0 Å². The Hall–Kier alpha value is -2.27. The van der Waals surface area contributed by atoms with Crippen molar-refractivity contribution in [1.82, 2.24) is 0 Å². The van der Waals surface area contributed by atoms with Crippen molar-refractivity contribution in [2.24, 2.45) is 5.41 Å². The van der Waals surface area contributed by atoms with Crippen molar-refractivity contribution in [3.8, 4) is 5.75 Å². The van der Waals surface area contributed by atoms with Gasteiger partial charge >= 0.3 is 12.1 Å². The smallest absolute Gasteiger partial charge is 0.390 e. The molecule has 1 unspecified atom stereocenters. The molecule has 1 heterocycles. The van der Waals surface area contributed by atoms with Gasteiger partial charge in [0, 0.05) is 5.56 Å². The van der Waals surface area contributed by atoms with Crippen molar-refractivity contribution in [3.05, 3.63) is 65.7 Å². The number of ether oxygens (including phenoxy) is 1. The van der Waals surface area contributed by atoms with Gasteiger partial charge in [0.2, 0.25) is 0 Å². The summed E-state index contributed by atoms with van der Waals surface area (Å²) in [5.41, 5.74) is -0.871. The standard InChI is InChI=1S/C19H14ClF3O2/c1-18(11-19(21,22)23)15(16(20)12-7-3-2-4-8-12)13-9-5-6-10-14(13)25-17(18)24/h2-10H,11H2,1H3/b16-15+. The fourth-order valence-corrected chi connectivity index (χ4v) is 3.46. The van der Waals surface area contributed by atoms with E-state index in [1.54, 1.807) is 48.5 Å². The van der Waals surface area contributed by atoms with Crippen LogP contribution in [-0.2, 0) is 4.79 Å². The highest BCUT2D eigenvalue weighted by atomic mass is 35.5. The number of rotatable bonds is 2. The van der Waals surface area contributed by atoms with Crippen molar-refractivity contribution < 1.29 is 22.7 Å². The van der Waals surface area contributed by atoms with Crippen LogP contribution in [0.4, 0.5) is 13.2 Å². The summed E-state index contributed by atoms with van der Waals surface area (Å²) in [6.07, 6.45) is -5.91. The van der Waals surface area contributed by atoms with Gasteiger partial charge in [0.1, 0.15) is 11.2 Å². The molecule has 0 saturated heterocycles. The minimum atomic E-state index is -4.56. The summed E-state index contributed by atoms with van der Waals surface area (Å²) in [7, 11) is 0. The molecule has 0 spiro atoms. The highest BCUT2D eigenvalue weighted by molar-refractivity contribution is 6.53. The van der Waals surface area contributed by atoms with Gasteiger partial charge in [-0.1, -0.05) is 60.1 Å². The lowest BCUT2D eigenvalue weighted by Gasteiger charge is -2.36. The van der Waals surface area contributed by atoms with E-state index in [2.05, 4.69) is 0 Å². The summed E-state index contributed by atoms with van der Waals surface area (Å²) >= 11 is 6.50. The average molecular weight is 367 g/mol. The molecule has 0 amide bonds. The molecule has 1 aliphatic rings. The fraction of sp³-hybridized carbons (Fsp3) is 0.211. The summed E-state index contributed by atoms with van der Waals surface area (Å²) in [6, 6.07) is 15.1. The Kier molecular flexibility index (Phi) is 4.37.